The lowest BCUT2D eigenvalue weighted by molar-refractivity contribution is -0.384. The zero-order chi connectivity index (χ0) is 16.6. The molecule has 1 aliphatic rings. The summed E-state index contributed by atoms with van der Waals surface area (Å²) in [7, 11) is -2.07. The van der Waals surface area contributed by atoms with Crippen molar-refractivity contribution in [3.63, 3.8) is 0 Å². The Kier molecular flexibility index (Phi) is 3.78. The van der Waals surface area contributed by atoms with Crippen LogP contribution in [0.25, 0.3) is 0 Å². The summed E-state index contributed by atoms with van der Waals surface area (Å²) >= 11 is 0. The first-order valence-electron chi connectivity index (χ1n) is 6.84. The van der Waals surface area contributed by atoms with Crippen LogP contribution in [0.3, 0.4) is 0 Å². The van der Waals surface area contributed by atoms with Crippen LogP contribution in [0.15, 0.2) is 53.4 Å². The van der Waals surface area contributed by atoms with Crippen LogP contribution in [0.2, 0.25) is 0 Å². The van der Waals surface area contributed by atoms with E-state index in [1.807, 2.05) is 12.1 Å². The normalized spacial score (nSPS) is 20.0. The SMILES string of the molecule is COc1ccc(C2CN2S(=O)(=O)c2ccc([N+](=O)[O-])cc2)cc1. The van der Waals surface area contributed by atoms with Crippen molar-refractivity contribution in [2.24, 2.45) is 0 Å². The number of hydrogen-bond acceptors (Lipinski definition) is 5. The van der Waals surface area contributed by atoms with Crippen molar-refractivity contribution in [1.29, 1.82) is 0 Å². The molecule has 0 spiro atoms. The number of non-ortho nitro benzene ring substituents is 1. The highest BCUT2D eigenvalue weighted by atomic mass is 32.2. The van der Waals surface area contributed by atoms with Crippen LogP contribution in [0.4, 0.5) is 5.69 Å². The Labute approximate surface area is 133 Å². The molecule has 2 aromatic carbocycles. The minimum atomic E-state index is -3.64. The van der Waals surface area contributed by atoms with Gasteiger partial charge in [0.05, 0.1) is 23.0 Å². The van der Waals surface area contributed by atoms with Gasteiger partial charge in [-0.3, -0.25) is 10.1 Å². The van der Waals surface area contributed by atoms with E-state index in [9.17, 15) is 18.5 Å². The molecule has 0 N–H and O–H groups in total. The first-order valence-corrected chi connectivity index (χ1v) is 8.28. The molecule has 2 atom stereocenters. The Morgan fingerprint density at radius 2 is 1.74 bits per heavy atom. The van der Waals surface area contributed by atoms with Crippen LogP contribution in [-0.2, 0) is 10.0 Å². The summed E-state index contributed by atoms with van der Waals surface area (Å²) in [6.07, 6.45) is 0. The second kappa shape index (κ2) is 5.64. The van der Waals surface area contributed by atoms with Crippen molar-refractivity contribution in [2.75, 3.05) is 13.7 Å². The van der Waals surface area contributed by atoms with Crippen molar-refractivity contribution in [1.82, 2.24) is 4.31 Å². The van der Waals surface area contributed by atoms with Crippen LogP contribution in [0.5, 0.6) is 5.75 Å². The van der Waals surface area contributed by atoms with Gasteiger partial charge in [-0.05, 0) is 29.8 Å². The van der Waals surface area contributed by atoms with Crippen molar-refractivity contribution in [2.45, 2.75) is 10.9 Å². The summed E-state index contributed by atoms with van der Waals surface area (Å²) in [5.74, 6) is 0.708. The molecular weight excluding hydrogens is 320 g/mol. The molecule has 120 valence electrons. The summed E-state index contributed by atoms with van der Waals surface area (Å²) in [4.78, 5) is 10.1. The highest BCUT2D eigenvalue weighted by molar-refractivity contribution is 7.89. The zero-order valence-electron chi connectivity index (χ0n) is 12.2. The van der Waals surface area contributed by atoms with E-state index in [1.165, 1.54) is 28.6 Å². The summed E-state index contributed by atoms with van der Waals surface area (Å²) < 4.78 is 31.5. The van der Waals surface area contributed by atoms with Crippen LogP contribution >= 0.6 is 0 Å². The maximum atomic E-state index is 12.5. The zero-order valence-corrected chi connectivity index (χ0v) is 13.1. The number of nitro benzene ring substituents is 1. The van der Waals surface area contributed by atoms with Crippen LogP contribution in [0, 0.1) is 10.1 Å². The largest absolute Gasteiger partial charge is 0.497 e. The third-order valence-electron chi connectivity index (χ3n) is 3.72. The molecule has 1 heterocycles. The Hall–Kier alpha value is -2.45. The minimum absolute atomic E-state index is 0.0547. The number of ether oxygens (including phenoxy) is 1. The maximum absolute atomic E-state index is 12.5. The first kappa shape index (κ1) is 15.4. The number of hydrogen-bond donors (Lipinski definition) is 0. The van der Waals surface area contributed by atoms with Crippen molar-refractivity contribution >= 4 is 15.7 Å². The van der Waals surface area contributed by atoms with Gasteiger partial charge >= 0.3 is 0 Å². The van der Waals surface area contributed by atoms with Crippen LogP contribution < -0.4 is 4.74 Å². The minimum Gasteiger partial charge on any atom is -0.497 e. The molecule has 2 aromatic rings. The summed E-state index contributed by atoms with van der Waals surface area (Å²) in [5, 5.41) is 10.6. The molecule has 0 radical (unpaired) electrons. The molecule has 1 saturated heterocycles. The van der Waals surface area contributed by atoms with E-state index in [2.05, 4.69) is 0 Å². The maximum Gasteiger partial charge on any atom is 0.269 e. The molecule has 7 nitrogen and oxygen atoms in total. The molecule has 1 fully saturated rings. The number of methoxy groups -OCH3 is 1. The smallest absolute Gasteiger partial charge is 0.269 e. The average molecular weight is 334 g/mol. The highest BCUT2D eigenvalue weighted by Gasteiger charge is 2.45. The molecule has 8 heteroatoms. The molecule has 0 saturated carbocycles. The summed E-state index contributed by atoms with van der Waals surface area (Å²) in [6.45, 7) is 0.394. The van der Waals surface area contributed by atoms with Gasteiger partial charge in [0.25, 0.3) is 5.69 Å². The Balaban J connectivity index is 1.80. The molecule has 1 aliphatic heterocycles. The van der Waals surface area contributed by atoms with Gasteiger partial charge in [0, 0.05) is 18.7 Å². The predicted molar refractivity (Wildman–Crippen MR) is 82.7 cm³/mol. The van der Waals surface area contributed by atoms with Crippen LogP contribution in [-0.4, -0.2) is 31.3 Å². The van der Waals surface area contributed by atoms with Gasteiger partial charge in [-0.25, -0.2) is 8.42 Å². The van der Waals surface area contributed by atoms with E-state index in [-0.39, 0.29) is 16.6 Å². The number of nitro groups is 1. The fraction of sp³-hybridized carbons (Fsp3) is 0.200. The molecular formula is C15H14N2O5S. The second-order valence-corrected chi connectivity index (χ2v) is 7.01. The molecule has 0 aromatic heterocycles. The van der Waals surface area contributed by atoms with Crippen LogP contribution in [0.1, 0.15) is 11.6 Å². The first-order chi connectivity index (χ1) is 10.9. The molecule has 2 unspecified atom stereocenters. The second-order valence-electron chi connectivity index (χ2n) is 5.11. The highest BCUT2D eigenvalue weighted by Crippen LogP contribution is 2.40. The van der Waals surface area contributed by atoms with E-state index >= 15 is 0 Å². The molecule has 0 aliphatic carbocycles. The molecule has 3 rings (SSSR count). The Bertz CT molecular complexity index is 831. The molecule has 0 amide bonds. The van der Waals surface area contributed by atoms with E-state index in [1.54, 1.807) is 19.2 Å². The van der Waals surface area contributed by atoms with Crippen molar-refractivity contribution in [3.8, 4) is 5.75 Å². The Morgan fingerprint density at radius 3 is 2.26 bits per heavy atom. The number of sulfonamides is 1. The van der Waals surface area contributed by atoms with E-state index in [4.69, 9.17) is 4.74 Å². The number of rotatable bonds is 5. The van der Waals surface area contributed by atoms with Gasteiger partial charge in [-0.15, -0.1) is 0 Å². The molecule has 23 heavy (non-hydrogen) atoms. The lowest BCUT2D eigenvalue weighted by atomic mass is 10.1. The van der Waals surface area contributed by atoms with Gasteiger partial charge in [0.15, 0.2) is 0 Å². The predicted octanol–water partition coefficient (Wildman–Crippen LogP) is 2.35. The van der Waals surface area contributed by atoms with Gasteiger partial charge in [-0.2, -0.15) is 4.31 Å². The lowest BCUT2D eigenvalue weighted by Gasteiger charge is -2.07. The van der Waals surface area contributed by atoms with Gasteiger partial charge in [0.2, 0.25) is 10.0 Å². The number of nitrogens with zero attached hydrogens (tertiary/aromatic N) is 2. The third kappa shape index (κ3) is 2.90. The monoisotopic (exact) mass is 334 g/mol. The standard InChI is InChI=1S/C15H14N2O5S/c1-22-13-6-2-11(3-7-13)15-10-16(15)23(20,21)14-8-4-12(5-9-14)17(18)19/h2-9,15H,10H2,1H3. The van der Waals surface area contributed by atoms with Gasteiger partial charge in [0.1, 0.15) is 5.75 Å². The fourth-order valence-electron chi connectivity index (χ4n) is 2.36. The summed E-state index contributed by atoms with van der Waals surface area (Å²) in [6, 6.07) is 11.9. The third-order valence-corrected chi connectivity index (χ3v) is 5.61. The topological polar surface area (TPSA) is 89.5 Å². The average Bonchev–Trinajstić information content (AvgIpc) is 3.36. The lowest BCUT2D eigenvalue weighted by Crippen LogP contribution is -2.12. The Morgan fingerprint density at radius 1 is 1.13 bits per heavy atom. The quantitative estimate of drug-likeness (QED) is 0.476. The number of benzene rings is 2. The van der Waals surface area contributed by atoms with Gasteiger partial charge < -0.3 is 4.74 Å². The molecule has 0 bridgehead atoms. The van der Waals surface area contributed by atoms with E-state index < -0.39 is 14.9 Å². The van der Waals surface area contributed by atoms with Gasteiger partial charge in [-0.1, -0.05) is 12.1 Å². The van der Waals surface area contributed by atoms with Crippen molar-refractivity contribution in [3.05, 3.63) is 64.2 Å². The summed E-state index contributed by atoms with van der Waals surface area (Å²) in [5.41, 5.74) is 0.748. The fourth-order valence-corrected chi connectivity index (χ4v) is 3.91. The van der Waals surface area contributed by atoms with E-state index in [0.717, 1.165) is 5.56 Å². The van der Waals surface area contributed by atoms with E-state index in [0.29, 0.717) is 12.3 Å². The van der Waals surface area contributed by atoms with Crippen molar-refractivity contribution < 1.29 is 18.1 Å².